The van der Waals surface area contributed by atoms with E-state index in [9.17, 15) is 13.2 Å². The summed E-state index contributed by atoms with van der Waals surface area (Å²) in [5, 5.41) is 0. The Bertz CT molecular complexity index is 575. The number of ether oxygens (including phenoxy) is 1. The van der Waals surface area contributed by atoms with Crippen molar-refractivity contribution in [3.05, 3.63) is 60.2 Å². The topological polar surface area (TPSA) is 35.2 Å². The van der Waals surface area contributed by atoms with Crippen molar-refractivity contribution in [1.82, 2.24) is 0 Å². The van der Waals surface area contributed by atoms with Crippen LogP contribution in [0.1, 0.15) is 24.4 Å². The average molecular weight is 332 g/mol. The van der Waals surface area contributed by atoms with Gasteiger partial charge in [-0.1, -0.05) is 30.3 Å². The standard InChI is InChI=1S/C16H16F3NO.ClH/c17-16(18,19)10-9-15(20)12-5-4-8-14(11-12)21-13-6-2-1-3-7-13;/h1-8,11,15H,9-10,20H2;1H/t15-;/m1./s1. The Morgan fingerprint density at radius 1 is 0.955 bits per heavy atom. The minimum atomic E-state index is -4.18. The fraction of sp³-hybridized carbons (Fsp3) is 0.250. The van der Waals surface area contributed by atoms with E-state index in [2.05, 4.69) is 0 Å². The van der Waals surface area contributed by atoms with Crippen LogP contribution < -0.4 is 10.5 Å². The highest BCUT2D eigenvalue weighted by Crippen LogP contribution is 2.29. The highest BCUT2D eigenvalue weighted by Gasteiger charge is 2.27. The lowest BCUT2D eigenvalue weighted by atomic mass is 10.0. The van der Waals surface area contributed by atoms with Crippen LogP contribution in [0.3, 0.4) is 0 Å². The summed E-state index contributed by atoms with van der Waals surface area (Å²) in [5.41, 5.74) is 6.44. The van der Waals surface area contributed by atoms with Crippen LogP contribution in [0.5, 0.6) is 11.5 Å². The SMILES string of the molecule is Cl.N[C@H](CCC(F)(F)F)c1cccc(Oc2ccccc2)c1. The summed E-state index contributed by atoms with van der Waals surface area (Å²) < 4.78 is 42.3. The third-order valence-electron chi connectivity index (χ3n) is 3.00. The molecule has 22 heavy (non-hydrogen) atoms. The van der Waals surface area contributed by atoms with Gasteiger partial charge in [0.2, 0.25) is 0 Å². The second kappa shape index (κ2) is 8.06. The monoisotopic (exact) mass is 331 g/mol. The summed E-state index contributed by atoms with van der Waals surface area (Å²) >= 11 is 0. The smallest absolute Gasteiger partial charge is 0.389 e. The number of alkyl halides is 3. The second-order valence-corrected chi connectivity index (χ2v) is 4.75. The lowest BCUT2D eigenvalue weighted by molar-refractivity contribution is -0.136. The van der Waals surface area contributed by atoms with Gasteiger partial charge in [0.05, 0.1) is 0 Å². The number of nitrogens with two attached hydrogens (primary N) is 1. The van der Waals surface area contributed by atoms with Crippen molar-refractivity contribution in [3.8, 4) is 11.5 Å². The molecule has 2 nitrogen and oxygen atoms in total. The molecule has 2 rings (SSSR count). The molecule has 0 radical (unpaired) electrons. The molecule has 6 heteroatoms. The highest BCUT2D eigenvalue weighted by atomic mass is 35.5. The zero-order valence-corrected chi connectivity index (χ0v) is 12.5. The first-order valence-electron chi connectivity index (χ1n) is 6.59. The van der Waals surface area contributed by atoms with Gasteiger partial charge in [0, 0.05) is 12.5 Å². The van der Waals surface area contributed by atoms with Crippen LogP contribution in [-0.2, 0) is 0 Å². The van der Waals surface area contributed by atoms with E-state index in [0.29, 0.717) is 17.1 Å². The molecule has 2 N–H and O–H groups in total. The zero-order chi connectivity index (χ0) is 15.3. The summed E-state index contributed by atoms with van der Waals surface area (Å²) in [6.07, 6.45) is -5.22. The maximum absolute atomic E-state index is 12.2. The second-order valence-electron chi connectivity index (χ2n) is 4.75. The molecule has 0 saturated heterocycles. The third kappa shape index (κ3) is 5.95. The highest BCUT2D eigenvalue weighted by molar-refractivity contribution is 5.85. The Hall–Kier alpha value is -1.72. The predicted molar refractivity (Wildman–Crippen MR) is 82.4 cm³/mol. The van der Waals surface area contributed by atoms with E-state index in [1.165, 1.54) is 0 Å². The number of rotatable bonds is 5. The zero-order valence-electron chi connectivity index (χ0n) is 11.7. The minimum Gasteiger partial charge on any atom is -0.457 e. The fourth-order valence-electron chi connectivity index (χ4n) is 1.92. The third-order valence-corrected chi connectivity index (χ3v) is 3.00. The van der Waals surface area contributed by atoms with E-state index in [4.69, 9.17) is 10.5 Å². The van der Waals surface area contributed by atoms with Crippen molar-refractivity contribution in [2.24, 2.45) is 5.73 Å². The Balaban J connectivity index is 0.00000242. The summed E-state index contributed by atoms with van der Waals surface area (Å²) in [6, 6.07) is 15.3. The molecule has 0 amide bonds. The first kappa shape index (κ1) is 18.3. The molecular formula is C16H17ClF3NO. The van der Waals surface area contributed by atoms with Crippen LogP contribution in [0.2, 0.25) is 0 Å². The molecule has 2 aromatic carbocycles. The molecule has 2 aromatic rings. The van der Waals surface area contributed by atoms with Crippen LogP contribution in [-0.4, -0.2) is 6.18 Å². The fourth-order valence-corrected chi connectivity index (χ4v) is 1.92. The van der Waals surface area contributed by atoms with Gasteiger partial charge in [0.15, 0.2) is 0 Å². The molecule has 0 bridgehead atoms. The number of para-hydroxylation sites is 1. The lowest BCUT2D eigenvalue weighted by Gasteiger charge is -2.15. The van der Waals surface area contributed by atoms with E-state index < -0.39 is 18.6 Å². The van der Waals surface area contributed by atoms with Crippen molar-refractivity contribution in [2.45, 2.75) is 25.1 Å². The van der Waals surface area contributed by atoms with Crippen molar-refractivity contribution >= 4 is 12.4 Å². The summed E-state index contributed by atoms with van der Waals surface area (Å²) in [4.78, 5) is 0. The van der Waals surface area contributed by atoms with E-state index in [0.717, 1.165) is 0 Å². The predicted octanol–water partition coefficient (Wildman–Crippen LogP) is 5.24. The molecule has 0 spiro atoms. The first-order valence-corrected chi connectivity index (χ1v) is 6.59. The van der Waals surface area contributed by atoms with Crippen molar-refractivity contribution in [2.75, 3.05) is 0 Å². The quantitative estimate of drug-likeness (QED) is 0.812. The van der Waals surface area contributed by atoms with Crippen LogP contribution in [0.15, 0.2) is 54.6 Å². The molecule has 0 heterocycles. The Labute approximate surface area is 133 Å². The molecular weight excluding hydrogens is 315 g/mol. The Morgan fingerprint density at radius 2 is 1.59 bits per heavy atom. The van der Waals surface area contributed by atoms with Gasteiger partial charge in [0.25, 0.3) is 0 Å². The molecule has 0 aliphatic heterocycles. The van der Waals surface area contributed by atoms with Crippen molar-refractivity contribution in [3.63, 3.8) is 0 Å². The number of benzene rings is 2. The van der Waals surface area contributed by atoms with Gasteiger partial charge in [-0.2, -0.15) is 13.2 Å². The van der Waals surface area contributed by atoms with Crippen molar-refractivity contribution < 1.29 is 17.9 Å². The van der Waals surface area contributed by atoms with Gasteiger partial charge in [-0.15, -0.1) is 12.4 Å². The maximum Gasteiger partial charge on any atom is 0.389 e. The van der Waals surface area contributed by atoms with Gasteiger partial charge in [-0.05, 0) is 36.2 Å². The van der Waals surface area contributed by atoms with Crippen LogP contribution in [0, 0.1) is 0 Å². The molecule has 0 aliphatic rings. The summed E-state index contributed by atoms with van der Waals surface area (Å²) in [7, 11) is 0. The first-order chi connectivity index (χ1) is 9.94. The van der Waals surface area contributed by atoms with Gasteiger partial charge in [-0.25, -0.2) is 0 Å². The largest absolute Gasteiger partial charge is 0.457 e. The molecule has 0 fully saturated rings. The van der Waals surface area contributed by atoms with E-state index >= 15 is 0 Å². The van der Waals surface area contributed by atoms with Crippen LogP contribution in [0.25, 0.3) is 0 Å². The van der Waals surface area contributed by atoms with E-state index in [-0.39, 0.29) is 18.8 Å². The van der Waals surface area contributed by atoms with Gasteiger partial charge >= 0.3 is 6.18 Å². The Morgan fingerprint density at radius 3 is 2.23 bits per heavy atom. The van der Waals surface area contributed by atoms with E-state index in [1.54, 1.807) is 36.4 Å². The van der Waals surface area contributed by atoms with Gasteiger partial charge < -0.3 is 10.5 Å². The number of halogens is 4. The molecule has 0 aliphatic carbocycles. The molecule has 0 aromatic heterocycles. The van der Waals surface area contributed by atoms with Gasteiger partial charge in [0.1, 0.15) is 11.5 Å². The minimum absolute atomic E-state index is 0. The number of hydrogen-bond acceptors (Lipinski definition) is 2. The molecule has 0 unspecified atom stereocenters. The van der Waals surface area contributed by atoms with Crippen LogP contribution in [0.4, 0.5) is 13.2 Å². The number of hydrogen-bond donors (Lipinski definition) is 1. The Kier molecular flexibility index (Phi) is 6.71. The molecule has 120 valence electrons. The maximum atomic E-state index is 12.2. The van der Waals surface area contributed by atoms with Crippen molar-refractivity contribution in [1.29, 1.82) is 0 Å². The van der Waals surface area contributed by atoms with Crippen LogP contribution >= 0.6 is 12.4 Å². The van der Waals surface area contributed by atoms with E-state index in [1.807, 2.05) is 18.2 Å². The molecule has 0 saturated carbocycles. The summed E-state index contributed by atoms with van der Waals surface area (Å²) in [6.45, 7) is 0. The summed E-state index contributed by atoms with van der Waals surface area (Å²) in [5.74, 6) is 1.22. The molecule has 1 atom stereocenters. The van der Waals surface area contributed by atoms with Gasteiger partial charge in [-0.3, -0.25) is 0 Å². The average Bonchev–Trinajstić information content (AvgIpc) is 2.45. The lowest BCUT2D eigenvalue weighted by Crippen LogP contribution is -2.15. The normalized spacial score (nSPS) is 12.4.